The van der Waals surface area contributed by atoms with E-state index >= 15 is 0 Å². The lowest BCUT2D eigenvalue weighted by molar-refractivity contribution is 0.0425. The molecule has 3 rings (SSSR count). The van der Waals surface area contributed by atoms with Crippen LogP contribution < -0.4 is 10.4 Å². The van der Waals surface area contributed by atoms with Crippen molar-refractivity contribution in [3.05, 3.63) is 54.8 Å². The smallest absolute Gasteiger partial charge is 0.434 e. The van der Waals surface area contributed by atoms with Crippen molar-refractivity contribution in [2.75, 3.05) is 5.01 Å². The van der Waals surface area contributed by atoms with E-state index in [1.807, 2.05) is 19.1 Å². The molecule has 1 aromatic carbocycles. The minimum Gasteiger partial charge on any atom is -0.443 e. The van der Waals surface area contributed by atoms with Crippen molar-refractivity contribution in [2.45, 2.75) is 71.3 Å². The number of hydrazine groups is 1. The number of amides is 2. The molecule has 0 spiro atoms. The molecule has 1 aliphatic rings. The average Bonchev–Trinajstić information content (AvgIpc) is 3.15. The molecule has 0 saturated carbocycles. The van der Waals surface area contributed by atoms with E-state index in [0.29, 0.717) is 10.9 Å². The number of allylic oxidation sites excluding steroid dienone is 3. The zero-order valence-electron chi connectivity index (χ0n) is 22.0. The Kier molecular flexibility index (Phi) is 7.07. The summed E-state index contributed by atoms with van der Waals surface area (Å²) in [6.45, 7) is 13.7. The molecular weight excluding hydrogens is 482 g/mol. The maximum absolute atomic E-state index is 13.8. The molecule has 1 N–H and O–H groups in total. The van der Waals surface area contributed by atoms with Crippen molar-refractivity contribution in [1.29, 1.82) is 0 Å². The van der Waals surface area contributed by atoms with Crippen molar-refractivity contribution in [1.82, 2.24) is 9.40 Å². The molecule has 1 aliphatic carbocycles. The van der Waals surface area contributed by atoms with E-state index in [4.69, 9.17) is 9.47 Å². The average molecular weight is 518 g/mol. The Hall–Kier alpha value is -3.27. The number of hydrogen-bond acceptors (Lipinski definition) is 6. The van der Waals surface area contributed by atoms with Gasteiger partial charge in [0.2, 0.25) is 10.0 Å². The lowest BCUT2D eigenvalue weighted by Crippen LogP contribution is -2.50. The van der Waals surface area contributed by atoms with Gasteiger partial charge in [0.25, 0.3) is 0 Å². The molecule has 1 heterocycles. The fourth-order valence-corrected chi connectivity index (χ4v) is 5.57. The summed E-state index contributed by atoms with van der Waals surface area (Å²) in [4.78, 5) is 25.6. The first-order valence-electron chi connectivity index (χ1n) is 11.7. The highest BCUT2D eigenvalue weighted by molar-refractivity contribution is 7.91. The summed E-state index contributed by atoms with van der Waals surface area (Å²) in [5.74, 6) is -0.264. The lowest BCUT2D eigenvalue weighted by Gasteiger charge is -2.33. The Bertz CT molecular complexity index is 1330. The van der Waals surface area contributed by atoms with Crippen LogP contribution in [0.15, 0.2) is 54.8 Å². The number of nitrogens with one attached hydrogen (secondary N) is 1. The van der Waals surface area contributed by atoms with Gasteiger partial charge in [-0.1, -0.05) is 37.3 Å². The first kappa shape index (κ1) is 27.3. The van der Waals surface area contributed by atoms with Crippen LogP contribution in [-0.4, -0.2) is 40.5 Å². The largest absolute Gasteiger partial charge is 0.443 e. The van der Waals surface area contributed by atoms with E-state index in [1.54, 1.807) is 78.8 Å². The predicted octanol–water partition coefficient (Wildman–Crippen LogP) is 5.52. The summed E-state index contributed by atoms with van der Waals surface area (Å²) < 4.78 is 38.5. The Labute approximate surface area is 212 Å². The molecular formula is C26H35N3O6S. The highest BCUT2D eigenvalue weighted by atomic mass is 32.2. The van der Waals surface area contributed by atoms with E-state index in [1.165, 1.54) is 16.2 Å². The monoisotopic (exact) mass is 517 g/mol. The van der Waals surface area contributed by atoms with Gasteiger partial charge in [-0.05, 0) is 72.6 Å². The second kappa shape index (κ2) is 9.31. The maximum Gasteiger partial charge on any atom is 0.434 e. The van der Waals surface area contributed by atoms with Crippen LogP contribution in [0.2, 0.25) is 0 Å². The van der Waals surface area contributed by atoms with E-state index < -0.39 is 38.2 Å². The zero-order chi connectivity index (χ0) is 27.1. The molecule has 2 amide bonds. The van der Waals surface area contributed by atoms with Crippen LogP contribution >= 0.6 is 0 Å². The first-order valence-corrected chi connectivity index (χ1v) is 13.1. The third kappa shape index (κ3) is 5.59. The van der Waals surface area contributed by atoms with Crippen molar-refractivity contribution in [2.24, 2.45) is 5.92 Å². The van der Waals surface area contributed by atoms with Crippen LogP contribution in [0, 0.1) is 5.92 Å². The summed E-state index contributed by atoms with van der Waals surface area (Å²) in [6, 6.07) is 6.47. The van der Waals surface area contributed by atoms with Gasteiger partial charge < -0.3 is 9.47 Å². The van der Waals surface area contributed by atoms with Gasteiger partial charge >= 0.3 is 12.2 Å². The number of nitrogens with zero attached hydrogens (tertiary/aromatic N) is 2. The molecule has 2 unspecified atom stereocenters. The van der Waals surface area contributed by atoms with E-state index in [9.17, 15) is 18.0 Å². The van der Waals surface area contributed by atoms with Crippen molar-refractivity contribution >= 4 is 38.8 Å². The Morgan fingerprint density at radius 2 is 1.67 bits per heavy atom. The highest BCUT2D eigenvalue weighted by Gasteiger charge is 2.43. The number of anilines is 1. The maximum atomic E-state index is 13.8. The van der Waals surface area contributed by atoms with Crippen LogP contribution in [0.4, 0.5) is 15.3 Å². The molecule has 0 saturated heterocycles. The summed E-state index contributed by atoms with van der Waals surface area (Å²) in [7, 11) is -3.90. The van der Waals surface area contributed by atoms with E-state index in [-0.39, 0.29) is 11.6 Å². The fourth-order valence-electron chi connectivity index (χ4n) is 3.71. The zero-order valence-corrected chi connectivity index (χ0v) is 22.8. The number of hydrogen-bond donors (Lipinski definition) is 1. The normalized spacial score (nSPS) is 20.3. The minimum absolute atomic E-state index is 0.204. The predicted molar refractivity (Wildman–Crippen MR) is 140 cm³/mol. The van der Waals surface area contributed by atoms with Gasteiger partial charge in [0, 0.05) is 11.6 Å². The van der Waals surface area contributed by atoms with Gasteiger partial charge in [0.1, 0.15) is 15.9 Å². The topological polar surface area (TPSA) is 107 Å². The second-order valence-electron chi connectivity index (χ2n) is 11.0. The standard InChI is InChI=1S/C26H35N3O6S/c1-18-11-9-10-15-26(18,8)36(32,33)28-16-14-19-12-13-20(17-21(19)28)29(23(31)35-25(5,6)7)27-22(30)34-24(2,3)4/h9-18H,1-8H3,(H,27,30). The number of carbonyl (C=O) groups is 2. The molecule has 0 bridgehead atoms. The van der Waals surface area contributed by atoms with Gasteiger partial charge in [0.15, 0.2) is 0 Å². The molecule has 0 fully saturated rings. The van der Waals surface area contributed by atoms with Crippen LogP contribution in [0.1, 0.15) is 55.4 Å². The number of carbonyl (C=O) groups excluding carboxylic acids is 2. The molecule has 9 nitrogen and oxygen atoms in total. The van der Waals surface area contributed by atoms with Crippen LogP contribution in [0.25, 0.3) is 10.9 Å². The summed E-state index contributed by atoms with van der Waals surface area (Å²) in [5.41, 5.74) is 1.33. The van der Waals surface area contributed by atoms with Crippen LogP contribution in [-0.2, 0) is 19.5 Å². The molecule has 36 heavy (non-hydrogen) atoms. The number of ether oxygens (including phenoxy) is 2. The third-order valence-electron chi connectivity index (χ3n) is 5.73. The molecule has 196 valence electrons. The van der Waals surface area contributed by atoms with Crippen LogP contribution in [0.3, 0.4) is 0 Å². The van der Waals surface area contributed by atoms with Crippen molar-refractivity contribution in [3.8, 4) is 0 Å². The van der Waals surface area contributed by atoms with Gasteiger partial charge in [-0.25, -0.2) is 27.4 Å². The number of fused-ring (bicyclic) bond motifs is 1. The molecule has 1 aromatic heterocycles. The molecule has 0 radical (unpaired) electrons. The molecule has 0 aliphatic heterocycles. The number of rotatable bonds is 3. The summed E-state index contributed by atoms with van der Waals surface area (Å²) >= 11 is 0. The number of aromatic nitrogens is 1. The fraction of sp³-hybridized carbons (Fsp3) is 0.462. The second-order valence-corrected chi connectivity index (χ2v) is 13.2. The summed E-state index contributed by atoms with van der Waals surface area (Å²) in [5, 5.41) is 1.56. The lowest BCUT2D eigenvalue weighted by atomic mass is 9.91. The van der Waals surface area contributed by atoms with Gasteiger partial charge in [-0.15, -0.1) is 0 Å². The quantitative estimate of drug-likeness (QED) is 0.537. The summed E-state index contributed by atoms with van der Waals surface area (Å²) in [6.07, 6.45) is 6.86. The number of benzene rings is 1. The van der Waals surface area contributed by atoms with E-state index in [0.717, 1.165) is 5.01 Å². The minimum atomic E-state index is -3.90. The van der Waals surface area contributed by atoms with Gasteiger partial charge in [0.05, 0.1) is 11.2 Å². The Morgan fingerprint density at radius 1 is 1.03 bits per heavy atom. The molecule has 2 atom stereocenters. The van der Waals surface area contributed by atoms with E-state index in [2.05, 4.69) is 5.43 Å². The Morgan fingerprint density at radius 3 is 2.25 bits per heavy atom. The van der Waals surface area contributed by atoms with Gasteiger partial charge in [-0.2, -0.15) is 5.01 Å². The van der Waals surface area contributed by atoms with Gasteiger partial charge in [-0.3, -0.25) is 0 Å². The first-order chi connectivity index (χ1) is 16.4. The highest BCUT2D eigenvalue weighted by Crippen LogP contribution is 2.36. The Balaban J connectivity index is 2.09. The van der Waals surface area contributed by atoms with Crippen LogP contribution in [0.5, 0.6) is 0 Å². The third-order valence-corrected chi connectivity index (χ3v) is 8.19. The SMILES string of the molecule is CC1C=CC=CC1(C)S(=O)(=O)n1ccc2ccc(N(NC(=O)OC(C)(C)C)C(=O)OC(C)(C)C)cc21. The molecule has 10 heteroatoms. The van der Waals surface area contributed by atoms with Crippen molar-refractivity contribution < 1.29 is 27.5 Å². The van der Waals surface area contributed by atoms with Crippen molar-refractivity contribution in [3.63, 3.8) is 0 Å². The molecule has 2 aromatic rings.